The average molecular weight is 311 g/mol. The van der Waals surface area contributed by atoms with Crippen molar-refractivity contribution in [3.05, 3.63) is 54.5 Å². The van der Waals surface area contributed by atoms with E-state index in [1.165, 1.54) is 0 Å². The summed E-state index contributed by atoms with van der Waals surface area (Å²) in [6.45, 7) is 4.19. The second-order valence-corrected chi connectivity index (χ2v) is 5.51. The number of anilines is 1. The van der Waals surface area contributed by atoms with Gasteiger partial charge in [0.1, 0.15) is 5.82 Å². The number of rotatable bonds is 5. The lowest BCUT2D eigenvalue weighted by Crippen LogP contribution is -2.51. The summed E-state index contributed by atoms with van der Waals surface area (Å²) < 4.78 is 0. The summed E-state index contributed by atoms with van der Waals surface area (Å²) in [6.07, 6.45) is 5.32. The van der Waals surface area contributed by atoms with Gasteiger partial charge in [0.25, 0.3) is 0 Å². The topological polar surface area (TPSA) is 61.4 Å². The Labute approximate surface area is 136 Å². The van der Waals surface area contributed by atoms with Crippen LogP contribution in [0.25, 0.3) is 0 Å². The molecule has 0 aliphatic carbocycles. The van der Waals surface area contributed by atoms with Gasteiger partial charge < -0.3 is 15.1 Å². The van der Waals surface area contributed by atoms with Gasteiger partial charge in [-0.2, -0.15) is 0 Å². The first kappa shape index (κ1) is 15.4. The summed E-state index contributed by atoms with van der Waals surface area (Å²) in [5.74, 6) is 1.13. The zero-order valence-electron chi connectivity index (χ0n) is 13.1. The van der Waals surface area contributed by atoms with E-state index in [1.54, 1.807) is 18.6 Å². The van der Waals surface area contributed by atoms with Crippen LogP contribution in [0.1, 0.15) is 5.56 Å². The number of piperazine rings is 1. The lowest BCUT2D eigenvalue weighted by Gasteiger charge is -2.35. The van der Waals surface area contributed by atoms with Crippen LogP contribution in [0.2, 0.25) is 0 Å². The van der Waals surface area contributed by atoms with Gasteiger partial charge in [-0.25, -0.2) is 4.98 Å². The SMILES string of the molecule is O=C(CNCc1ccncc1)N1CCN(c2ccccn2)CC1. The molecule has 1 aliphatic heterocycles. The summed E-state index contributed by atoms with van der Waals surface area (Å²) in [6, 6.07) is 9.81. The lowest BCUT2D eigenvalue weighted by molar-refractivity contribution is -0.130. The van der Waals surface area contributed by atoms with E-state index < -0.39 is 0 Å². The van der Waals surface area contributed by atoms with Gasteiger partial charge in [0, 0.05) is 51.3 Å². The first-order valence-electron chi connectivity index (χ1n) is 7.86. The Balaban J connectivity index is 1.41. The van der Waals surface area contributed by atoms with Crippen molar-refractivity contribution in [3.8, 4) is 0 Å². The average Bonchev–Trinajstić information content (AvgIpc) is 2.63. The lowest BCUT2D eigenvalue weighted by atomic mass is 10.2. The molecule has 3 heterocycles. The van der Waals surface area contributed by atoms with E-state index in [0.717, 1.165) is 37.6 Å². The van der Waals surface area contributed by atoms with Gasteiger partial charge in [-0.05, 0) is 29.8 Å². The van der Waals surface area contributed by atoms with Gasteiger partial charge in [0.2, 0.25) is 5.91 Å². The molecule has 1 saturated heterocycles. The van der Waals surface area contributed by atoms with Crippen LogP contribution in [0.4, 0.5) is 5.82 Å². The Morgan fingerprint density at radius 3 is 2.52 bits per heavy atom. The van der Waals surface area contributed by atoms with Crippen molar-refractivity contribution < 1.29 is 4.79 Å². The number of nitrogens with zero attached hydrogens (tertiary/aromatic N) is 4. The number of aromatic nitrogens is 2. The van der Waals surface area contributed by atoms with Crippen LogP contribution in [0.3, 0.4) is 0 Å². The monoisotopic (exact) mass is 311 g/mol. The molecule has 1 fully saturated rings. The van der Waals surface area contributed by atoms with E-state index >= 15 is 0 Å². The molecule has 2 aromatic rings. The Bertz CT molecular complexity index is 611. The number of nitrogens with one attached hydrogen (secondary N) is 1. The number of amides is 1. The van der Waals surface area contributed by atoms with Gasteiger partial charge in [-0.3, -0.25) is 9.78 Å². The van der Waals surface area contributed by atoms with Gasteiger partial charge >= 0.3 is 0 Å². The highest BCUT2D eigenvalue weighted by molar-refractivity contribution is 5.78. The fourth-order valence-electron chi connectivity index (χ4n) is 2.65. The van der Waals surface area contributed by atoms with Gasteiger partial charge in [-0.15, -0.1) is 0 Å². The number of hydrogen-bond acceptors (Lipinski definition) is 5. The highest BCUT2D eigenvalue weighted by Crippen LogP contribution is 2.12. The summed E-state index contributed by atoms with van der Waals surface area (Å²) in [5.41, 5.74) is 1.13. The van der Waals surface area contributed by atoms with E-state index in [2.05, 4.69) is 20.2 Å². The molecular weight excluding hydrogens is 290 g/mol. The van der Waals surface area contributed by atoms with E-state index in [0.29, 0.717) is 13.1 Å². The van der Waals surface area contributed by atoms with Crippen LogP contribution >= 0.6 is 0 Å². The van der Waals surface area contributed by atoms with Crippen LogP contribution < -0.4 is 10.2 Å². The van der Waals surface area contributed by atoms with Crippen molar-refractivity contribution in [1.29, 1.82) is 0 Å². The first-order chi connectivity index (χ1) is 11.3. The van der Waals surface area contributed by atoms with Crippen molar-refractivity contribution in [3.63, 3.8) is 0 Å². The quantitative estimate of drug-likeness (QED) is 0.889. The summed E-state index contributed by atoms with van der Waals surface area (Å²) in [4.78, 5) is 24.7. The van der Waals surface area contributed by atoms with Crippen LogP contribution in [-0.2, 0) is 11.3 Å². The van der Waals surface area contributed by atoms with Gasteiger partial charge in [0.05, 0.1) is 6.54 Å². The fourth-order valence-corrected chi connectivity index (χ4v) is 2.65. The van der Waals surface area contributed by atoms with Crippen LogP contribution in [0.15, 0.2) is 48.9 Å². The standard InChI is InChI=1S/C17H21N5O/c23-17(14-19-13-15-4-7-18-8-5-15)22-11-9-21(10-12-22)16-3-1-2-6-20-16/h1-8,19H,9-14H2. The van der Waals surface area contributed by atoms with E-state index in [9.17, 15) is 4.79 Å². The Morgan fingerprint density at radius 2 is 1.83 bits per heavy atom. The number of hydrogen-bond donors (Lipinski definition) is 1. The molecule has 3 rings (SSSR count). The molecule has 0 atom stereocenters. The normalized spacial score (nSPS) is 14.8. The van der Waals surface area contributed by atoms with Crippen LogP contribution in [-0.4, -0.2) is 53.5 Å². The third-order valence-corrected chi connectivity index (χ3v) is 3.96. The predicted octanol–water partition coefficient (Wildman–Crippen LogP) is 0.915. The molecule has 120 valence electrons. The molecule has 6 nitrogen and oxygen atoms in total. The maximum atomic E-state index is 12.2. The minimum Gasteiger partial charge on any atom is -0.353 e. The third kappa shape index (κ3) is 4.26. The van der Waals surface area contributed by atoms with Crippen molar-refractivity contribution in [2.45, 2.75) is 6.54 Å². The number of carbonyl (C=O) groups is 1. The molecule has 6 heteroatoms. The third-order valence-electron chi connectivity index (χ3n) is 3.96. The Morgan fingerprint density at radius 1 is 1.04 bits per heavy atom. The second-order valence-electron chi connectivity index (χ2n) is 5.51. The molecule has 0 spiro atoms. The predicted molar refractivity (Wildman–Crippen MR) is 89.0 cm³/mol. The zero-order valence-corrected chi connectivity index (χ0v) is 13.1. The first-order valence-corrected chi connectivity index (χ1v) is 7.86. The minimum absolute atomic E-state index is 0.153. The molecule has 1 N–H and O–H groups in total. The smallest absolute Gasteiger partial charge is 0.236 e. The molecule has 0 unspecified atom stereocenters. The highest BCUT2D eigenvalue weighted by atomic mass is 16.2. The molecule has 23 heavy (non-hydrogen) atoms. The molecule has 0 bridgehead atoms. The zero-order chi connectivity index (χ0) is 15.9. The largest absolute Gasteiger partial charge is 0.353 e. The van der Waals surface area contributed by atoms with E-state index in [1.807, 2.05) is 35.2 Å². The van der Waals surface area contributed by atoms with Crippen molar-refractivity contribution in [2.75, 3.05) is 37.6 Å². The molecule has 0 saturated carbocycles. The van der Waals surface area contributed by atoms with Crippen molar-refractivity contribution in [1.82, 2.24) is 20.2 Å². The summed E-state index contributed by atoms with van der Waals surface area (Å²) in [5, 5.41) is 3.20. The van der Waals surface area contributed by atoms with Gasteiger partial charge in [-0.1, -0.05) is 6.07 Å². The number of pyridine rings is 2. The molecule has 0 radical (unpaired) electrons. The Kier molecular flexibility index (Phi) is 5.16. The number of carbonyl (C=O) groups excluding carboxylic acids is 1. The maximum Gasteiger partial charge on any atom is 0.236 e. The molecular formula is C17H21N5O. The maximum absolute atomic E-state index is 12.2. The molecule has 1 amide bonds. The summed E-state index contributed by atoms with van der Waals surface area (Å²) in [7, 11) is 0. The van der Waals surface area contributed by atoms with Crippen molar-refractivity contribution >= 4 is 11.7 Å². The van der Waals surface area contributed by atoms with Gasteiger partial charge in [0.15, 0.2) is 0 Å². The van der Waals surface area contributed by atoms with E-state index in [4.69, 9.17) is 0 Å². The molecule has 0 aromatic carbocycles. The fraction of sp³-hybridized carbons (Fsp3) is 0.353. The summed E-state index contributed by atoms with van der Waals surface area (Å²) >= 11 is 0. The minimum atomic E-state index is 0.153. The molecule has 1 aliphatic rings. The second kappa shape index (κ2) is 7.69. The van der Waals surface area contributed by atoms with E-state index in [-0.39, 0.29) is 5.91 Å². The van der Waals surface area contributed by atoms with Crippen molar-refractivity contribution in [2.24, 2.45) is 0 Å². The van der Waals surface area contributed by atoms with Crippen LogP contribution in [0.5, 0.6) is 0 Å². The molecule has 2 aromatic heterocycles. The highest BCUT2D eigenvalue weighted by Gasteiger charge is 2.21. The van der Waals surface area contributed by atoms with Crippen LogP contribution in [0, 0.1) is 0 Å². The Hall–Kier alpha value is -2.47.